The van der Waals surface area contributed by atoms with Crippen LogP contribution >= 0.6 is 0 Å². The molecule has 494 valence electrons. The molecule has 14 rings (SSSR count). The maximum Gasteiger partial charge on any atom is 0.335 e. The molecule has 19 heteroatoms. The van der Waals surface area contributed by atoms with E-state index in [1.54, 1.807) is 36.8 Å². The number of benzene rings is 1. The van der Waals surface area contributed by atoms with Gasteiger partial charge in [-0.15, -0.1) is 0 Å². The van der Waals surface area contributed by atoms with Gasteiger partial charge in [-0.2, -0.15) is 0 Å². The highest BCUT2D eigenvalue weighted by Gasteiger charge is 2.69. The Labute approximate surface area is 532 Å². The quantitative estimate of drug-likeness (QED) is 0.0631. The average molecular weight is 1260 g/mol. The molecule has 8 aliphatic carbocycles. The van der Waals surface area contributed by atoms with Crippen molar-refractivity contribution in [2.45, 2.75) is 236 Å². The summed E-state index contributed by atoms with van der Waals surface area (Å²) in [7, 11) is 0. The van der Waals surface area contributed by atoms with E-state index in [4.69, 9.17) is 38.3 Å². The van der Waals surface area contributed by atoms with Crippen LogP contribution in [0.2, 0.25) is 0 Å². The SMILES string of the molecule is CC(=O)OCC1O[C@@H](O[C@@H]2C=C3CCC4C(CC[C@]5(C)[C@@H](c6ccc(=O)oc6)CC[C@]45O)[C@@]3(C)CC2)[C@@H](N2C(=O)c3ccccc3C2=O)C(C)[C@@H]1C.C[C@]12CC[C@H](O[C@@H]3OC(CO)[C@@H](O)C(O)[C@@H]3N)C=C1CCC1C2CC[C@]2(C)[C@@H](c3ccc(=O)oc3)CC[C@]12O. The largest absolute Gasteiger partial charge is 0.463 e. The van der Waals surface area contributed by atoms with E-state index in [0.29, 0.717) is 23.0 Å². The normalized spacial score (nSPS) is 44.7. The third kappa shape index (κ3) is 10.4. The van der Waals surface area contributed by atoms with Crippen molar-refractivity contribution in [3.8, 4) is 0 Å². The first kappa shape index (κ1) is 64.5. The highest BCUT2D eigenvalue weighted by molar-refractivity contribution is 6.21. The lowest BCUT2D eigenvalue weighted by Gasteiger charge is -2.62. The lowest BCUT2D eigenvalue weighted by Crippen LogP contribution is -2.63. The molecule has 8 unspecified atom stereocenters. The fourth-order valence-corrected chi connectivity index (χ4v) is 20.9. The molecule has 0 bridgehead atoms. The number of aliphatic hydroxyl groups excluding tert-OH is 3. The lowest BCUT2D eigenvalue weighted by molar-refractivity contribution is -0.275. The number of fused-ring (bicyclic) bond motifs is 11. The van der Waals surface area contributed by atoms with Crippen LogP contribution < -0.4 is 17.0 Å². The summed E-state index contributed by atoms with van der Waals surface area (Å²) in [5.41, 5.74) is 8.63. The topological polar surface area (TPSA) is 288 Å². The summed E-state index contributed by atoms with van der Waals surface area (Å²) in [5, 5.41) is 55.1. The van der Waals surface area contributed by atoms with Crippen molar-refractivity contribution in [1.82, 2.24) is 4.90 Å². The Morgan fingerprint density at radius 3 is 1.55 bits per heavy atom. The number of nitrogens with two attached hydrogens (primary N) is 1. The van der Waals surface area contributed by atoms with Crippen LogP contribution in [0.4, 0.5) is 0 Å². The fourth-order valence-electron chi connectivity index (χ4n) is 20.9. The first-order chi connectivity index (χ1) is 43.3. The molecule has 11 aliphatic rings. The number of nitrogens with zero attached hydrogens (tertiary/aromatic N) is 1. The molecular formula is C72H94N2O17. The number of imide groups is 1. The second-order valence-electron chi connectivity index (χ2n) is 30.2. The molecule has 6 saturated carbocycles. The molecule has 2 saturated heterocycles. The van der Waals surface area contributed by atoms with Gasteiger partial charge in [0.1, 0.15) is 24.9 Å². The van der Waals surface area contributed by atoms with Crippen LogP contribution in [0.25, 0.3) is 0 Å². The Bertz CT molecular complexity index is 3390. The molecule has 2 aromatic heterocycles. The summed E-state index contributed by atoms with van der Waals surface area (Å²) in [5.74, 6) is -0.0576. The van der Waals surface area contributed by atoms with Crippen LogP contribution in [-0.2, 0) is 28.5 Å². The van der Waals surface area contributed by atoms with E-state index in [1.807, 2.05) is 26.0 Å². The first-order valence-corrected chi connectivity index (χ1v) is 33.8. The van der Waals surface area contributed by atoms with Crippen LogP contribution in [0.3, 0.4) is 0 Å². The molecule has 2 amide bonds. The number of carbonyl (C=O) groups excluding carboxylic acids is 3. The van der Waals surface area contributed by atoms with E-state index in [9.17, 15) is 49.5 Å². The van der Waals surface area contributed by atoms with Gasteiger partial charge in [0, 0.05) is 29.9 Å². The monoisotopic (exact) mass is 1260 g/mol. The van der Waals surface area contributed by atoms with E-state index >= 15 is 0 Å². The third-order valence-corrected chi connectivity index (χ3v) is 26.4. The molecule has 0 spiro atoms. The van der Waals surface area contributed by atoms with Crippen molar-refractivity contribution in [3.05, 3.63) is 127 Å². The van der Waals surface area contributed by atoms with E-state index in [0.717, 1.165) is 114 Å². The van der Waals surface area contributed by atoms with Gasteiger partial charge in [-0.1, -0.05) is 77.0 Å². The zero-order chi connectivity index (χ0) is 64.5. The van der Waals surface area contributed by atoms with Gasteiger partial charge in [0.05, 0.1) is 71.9 Å². The van der Waals surface area contributed by atoms with Gasteiger partial charge in [-0.05, 0) is 196 Å². The average Bonchev–Trinajstić information content (AvgIpc) is 1.66. The molecular weight excluding hydrogens is 1160 g/mol. The maximum absolute atomic E-state index is 13.8. The van der Waals surface area contributed by atoms with Crippen molar-refractivity contribution in [3.63, 3.8) is 0 Å². The van der Waals surface area contributed by atoms with Crippen LogP contribution in [-0.4, -0.2) is 134 Å². The molecule has 24 atom stereocenters. The number of carbonyl (C=O) groups is 3. The Hall–Kier alpha value is -5.19. The number of esters is 1. The summed E-state index contributed by atoms with van der Waals surface area (Å²) in [6, 6.07) is 12.0. The van der Waals surface area contributed by atoms with Crippen LogP contribution in [0, 0.1) is 57.2 Å². The summed E-state index contributed by atoms with van der Waals surface area (Å²) in [6.45, 7) is 14.2. The smallest absolute Gasteiger partial charge is 0.335 e. The molecule has 1 aromatic carbocycles. The molecule has 3 aromatic rings. The number of allylic oxidation sites excluding steroid dienone is 2. The zero-order valence-electron chi connectivity index (χ0n) is 53.7. The molecule has 19 nitrogen and oxygen atoms in total. The second kappa shape index (κ2) is 23.9. The minimum atomic E-state index is -1.26. The van der Waals surface area contributed by atoms with Gasteiger partial charge >= 0.3 is 17.2 Å². The first-order valence-electron chi connectivity index (χ1n) is 33.8. The number of ether oxygens (including phenoxy) is 5. The van der Waals surface area contributed by atoms with Gasteiger partial charge in [0.15, 0.2) is 12.6 Å². The Balaban J connectivity index is 0.000000174. The van der Waals surface area contributed by atoms with Crippen LogP contribution in [0.1, 0.15) is 195 Å². The second-order valence-corrected chi connectivity index (χ2v) is 30.2. The maximum atomic E-state index is 13.8. The lowest BCUT2D eigenvalue weighted by atomic mass is 9.45. The number of aliphatic hydroxyl groups is 5. The molecule has 3 aliphatic heterocycles. The van der Waals surface area contributed by atoms with Crippen LogP contribution in [0.15, 0.2) is 103 Å². The van der Waals surface area contributed by atoms with Crippen molar-refractivity contribution in [2.24, 2.45) is 62.9 Å². The van der Waals surface area contributed by atoms with E-state index in [1.165, 1.54) is 35.1 Å². The summed E-state index contributed by atoms with van der Waals surface area (Å²) < 4.78 is 41.2. The van der Waals surface area contributed by atoms with Gasteiger partial charge < -0.3 is 63.8 Å². The van der Waals surface area contributed by atoms with Gasteiger partial charge in [0.25, 0.3) is 11.8 Å². The summed E-state index contributed by atoms with van der Waals surface area (Å²) in [6.07, 6.45) is 15.3. The van der Waals surface area contributed by atoms with Gasteiger partial charge in [0.2, 0.25) is 0 Å². The predicted molar refractivity (Wildman–Crippen MR) is 332 cm³/mol. The van der Waals surface area contributed by atoms with Crippen molar-refractivity contribution in [1.29, 1.82) is 0 Å². The van der Waals surface area contributed by atoms with Crippen molar-refractivity contribution in [2.75, 3.05) is 13.2 Å². The highest BCUT2D eigenvalue weighted by Crippen LogP contribution is 2.72. The minimum Gasteiger partial charge on any atom is -0.463 e. The van der Waals surface area contributed by atoms with Crippen molar-refractivity contribution < 1.29 is 72.4 Å². The molecule has 5 heterocycles. The van der Waals surface area contributed by atoms with E-state index in [-0.39, 0.29) is 99.0 Å². The number of rotatable bonds is 10. The zero-order valence-corrected chi connectivity index (χ0v) is 53.7. The van der Waals surface area contributed by atoms with Gasteiger partial charge in [-0.25, -0.2) is 9.59 Å². The highest BCUT2D eigenvalue weighted by atomic mass is 16.7. The Kier molecular flexibility index (Phi) is 17.0. The Morgan fingerprint density at radius 2 is 1.09 bits per heavy atom. The Morgan fingerprint density at radius 1 is 0.604 bits per heavy atom. The molecule has 7 N–H and O–H groups in total. The summed E-state index contributed by atoms with van der Waals surface area (Å²) in [4.78, 5) is 63.9. The molecule has 0 radical (unpaired) electrons. The standard InChI is InChI=1S/C42H51NO9.C30H43NO8/c1-23-24(2)36(43-37(46)29-8-6-7-9-30(29)38(43)47)39(52-34(23)22-49-25(3)44)51-28-14-17-40(4)27(20-28)11-12-33-32(40)15-18-41(5)31(16-19-42(33,41)48)26-10-13-35(45)50-21-26;1-28-10-7-18(38-27-24(31)26(35)25(34)22(14-32)39-27)13-17(28)4-5-21-20(28)8-11-29(2)19(9-12-30(21,29)36)16-3-6-23(33)37-15-16/h6-10,13,20-21,23-24,28,31-34,36,39,48H,11-12,14-19,22H2,1-5H3;3,6,13,15,18-22,24-27,32,34-36H,4-5,7-12,14,31H2,1-2H3/t23-,24?,28-,31+,32?,33?,34?,36-,39+,40-,41+,42-;18-,19+,20?,21?,22?,24-,25+,26?,27+,28-,29+,30-/m00/s1. The van der Waals surface area contributed by atoms with Crippen LogP contribution in [0.5, 0.6) is 0 Å². The summed E-state index contributed by atoms with van der Waals surface area (Å²) >= 11 is 0. The fraction of sp³-hybridized carbons (Fsp3) is 0.681. The van der Waals surface area contributed by atoms with E-state index < -0.39 is 72.9 Å². The minimum absolute atomic E-state index is 0.0314. The number of amides is 2. The number of hydrogen-bond donors (Lipinski definition) is 6. The molecule has 91 heavy (non-hydrogen) atoms. The molecule has 8 fully saturated rings. The van der Waals surface area contributed by atoms with Gasteiger partial charge in [-0.3, -0.25) is 19.3 Å². The van der Waals surface area contributed by atoms with E-state index in [2.05, 4.69) is 39.8 Å². The predicted octanol–water partition coefficient (Wildman–Crippen LogP) is 8.36. The van der Waals surface area contributed by atoms with Crippen molar-refractivity contribution >= 4 is 17.8 Å². The number of hydrogen-bond acceptors (Lipinski definition) is 18. The third-order valence-electron chi connectivity index (χ3n) is 26.4.